The first kappa shape index (κ1) is 15.7. The number of carbonyl (C=O) groups excluding carboxylic acids is 1. The number of ether oxygens (including phenoxy) is 1. The number of rotatable bonds is 2. The molecular formula is C16H18N4O2S. The lowest BCUT2D eigenvalue weighted by Gasteiger charge is -2.35. The Kier molecular flexibility index (Phi) is 4.20. The molecule has 1 saturated heterocycles. The number of aryl methyl sites for hydroxylation is 2. The van der Waals surface area contributed by atoms with Crippen molar-refractivity contribution in [2.24, 2.45) is 7.05 Å². The van der Waals surface area contributed by atoms with Gasteiger partial charge in [0.2, 0.25) is 0 Å². The average Bonchev–Trinajstić information content (AvgIpc) is 3.12. The van der Waals surface area contributed by atoms with Crippen LogP contribution in [0.1, 0.15) is 38.2 Å². The molecule has 1 fully saturated rings. The van der Waals surface area contributed by atoms with E-state index in [4.69, 9.17) is 4.74 Å². The molecule has 1 amide bonds. The van der Waals surface area contributed by atoms with Crippen LogP contribution in [0, 0.1) is 25.2 Å². The van der Waals surface area contributed by atoms with Gasteiger partial charge in [-0.3, -0.25) is 9.48 Å². The highest BCUT2D eigenvalue weighted by molar-refractivity contribution is 7.12. The van der Waals surface area contributed by atoms with E-state index in [9.17, 15) is 10.1 Å². The van der Waals surface area contributed by atoms with E-state index in [2.05, 4.69) is 11.2 Å². The summed E-state index contributed by atoms with van der Waals surface area (Å²) < 4.78 is 7.44. The van der Waals surface area contributed by atoms with Crippen molar-refractivity contribution in [1.82, 2.24) is 14.7 Å². The molecule has 0 N–H and O–H groups in total. The summed E-state index contributed by atoms with van der Waals surface area (Å²) in [5.74, 6) is -0.104. The number of amides is 1. The van der Waals surface area contributed by atoms with E-state index in [0.717, 1.165) is 17.0 Å². The maximum atomic E-state index is 13.0. The summed E-state index contributed by atoms with van der Waals surface area (Å²) in [7, 11) is 1.90. The Balaban J connectivity index is 1.99. The van der Waals surface area contributed by atoms with Crippen molar-refractivity contribution in [3.05, 3.63) is 38.8 Å². The minimum atomic E-state index is -0.168. The van der Waals surface area contributed by atoms with Gasteiger partial charge in [-0.15, -0.1) is 11.3 Å². The molecule has 0 bridgehead atoms. The van der Waals surface area contributed by atoms with Crippen LogP contribution >= 0.6 is 11.3 Å². The summed E-state index contributed by atoms with van der Waals surface area (Å²) in [5.41, 5.74) is 3.41. The zero-order valence-corrected chi connectivity index (χ0v) is 14.2. The van der Waals surface area contributed by atoms with Crippen molar-refractivity contribution in [1.29, 1.82) is 5.26 Å². The largest absolute Gasteiger partial charge is 0.377 e. The van der Waals surface area contributed by atoms with Crippen LogP contribution in [-0.2, 0) is 11.8 Å². The quantitative estimate of drug-likeness (QED) is 0.846. The summed E-state index contributed by atoms with van der Waals surface area (Å²) in [4.78, 5) is 15.3. The standard InChI is InChI=1S/C16H18N4O2S/c1-10-14(11(2)19(3)18-10)13-9-22-6-5-20(13)16(21)15-12(8-17)4-7-23-15/h4,7,13H,5-6,9H2,1-3H3/t13-/m1/s1. The molecule has 0 spiro atoms. The predicted molar refractivity (Wildman–Crippen MR) is 86.3 cm³/mol. The average molecular weight is 330 g/mol. The number of morpholine rings is 1. The summed E-state index contributed by atoms with van der Waals surface area (Å²) in [5, 5.41) is 15.4. The molecule has 23 heavy (non-hydrogen) atoms. The van der Waals surface area contributed by atoms with E-state index in [1.165, 1.54) is 11.3 Å². The van der Waals surface area contributed by atoms with Crippen molar-refractivity contribution in [3.8, 4) is 6.07 Å². The first-order valence-corrected chi connectivity index (χ1v) is 8.29. The second-order valence-electron chi connectivity index (χ2n) is 5.57. The van der Waals surface area contributed by atoms with Gasteiger partial charge >= 0.3 is 0 Å². The van der Waals surface area contributed by atoms with E-state index in [1.54, 1.807) is 11.4 Å². The van der Waals surface area contributed by atoms with Gasteiger partial charge in [0, 0.05) is 24.8 Å². The highest BCUT2D eigenvalue weighted by atomic mass is 32.1. The normalized spacial score (nSPS) is 18.0. The Labute approximate surface area is 138 Å². The summed E-state index contributed by atoms with van der Waals surface area (Å²) in [6, 6.07) is 3.61. The van der Waals surface area contributed by atoms with Gasteiger partial charge in [0.15, 0.2) is 0 Å². The lowest BCUT2D eigenvalue weighted by atomic mass is 10.0. The maximum Gasteiger partial charge on any atom is 0.265 e. The third kappa shape index (κ3) is 2.64. The second kappa shape index (κ2) is 6.14. The van der Waals surface area contributed by atoms with Crippen LogP contribution < -0.4 is 0 Å². The van der Waals surface area contributed by atoms with Gasteiger partial charge in [-0.05, 0) is 25.3 Å². The fourth-order valence-corrected chi connectivity index (χ4v) is 3.85. The number of carbonyl (C=O) groups is 1. The van der Waals surface area contributed by atoms with Gasteiger partial charge in [0.25, 0.3) is 5.91 Å². The van der Waals surface area contributed by atoms with Gasteiger partial charge in [-0.1, -0.05) is 0 Å². The molecule has 2 aromatic rings. The van der Waals surface area contributed by atoms with Crippen molar-refractivity contribution >= 4 is 17.2 Å². The van der Waals surface area contributed by atoms with E-state index in [0.29, 0.717) is 30.2 Å². The van der Waals surface area contributed by atoms with Crippen LogP contribution in [0.2, 0.25) is 0 Å². The minimum absolute atomic E-state index is 0.104. The second-order valence-corrected chi connectivity index (χ2v) is 6.49. The van der Waals surface area contributed by atoms with Crippen LogP contribution in [-0.4, -0.2) is 40.3 Å². The van der Waals surface area contributed by atoms with E-state index in [1.807, 2.05) is 30.5 Å². The molecule has 1 aliphatic rings. The molecular weight excluding hydrogens is 312 g/mol. The van der Waals surface area contributed by atoms with Gasteiger partial charge in [-0.2, -0.15) is 10.4 Å². The molecule has 0 unspecified atom stereocenters. The number of hydrogen-bond acceptors (Lipinski definition) is 5. The molecule has 0 saturated carbocycles. The number of aromatic nitrogens is 2. The van der Waals surface area contributed by atoms with Crippen LogP contribution in [0.3, 0.4) is 0 Å². The topological polar surface area (TPSA) is 71.2 Å². The highest BCUT2D eigenvalue weighted by Crippen LogP contribution is 2.31. The van der Waals surface area contributed by atoms with Crippen LogP contribution in [0.5, 0.6) is 0 Å². The molecule has 0 radical (unpaired) electrons. The number of nitriles is 1. The minimum Gasteiger partial charge on any atom is -0.377 e. The smallest absolute Gasteiger partial charge is 0.265 e. The Morgan fingerprint density at radius 2 is 2.30 bits per heavy atom. The number of nitrogens with zero attached hydrogens (tertiary/aromatic N) is 4. The third-order valence-electron chi connectivity index (χ3n) is 4.27. The van der Waals surface area contributed by atoms with Gasteiger partial charge < -0.3 is 9.64 Å². The maximum absolute atomic E-state index is 13.0. The lowest BCUT2D eigenvalue weighted by molar-refractivity contribution is -0.00279. The first-order valence-electron chi connectivity index (χ1n) is 7.41. The molecule has 2 aromatic heterocycles. The Hall–Kier alpha value is -2.17. The molecule has 6 nitrogen and oxygen atoms in total. The van der Waals surface area contributed by atoms with Crippen molar-refractivity contribution in [2.75, 3.05) is 19.8 Å². The van der Waals surface area contributed by atoms with Crippen LogP contribution in [0.15, 0.2) is 11.4 Å². The van der Waals surface area contributed by atoms with Crippen molar-refractivity contribution in [3.63, 3.8) is 0 Å². The number of hydrogen-bond donors (Lipinski definition) is 0. The SMILES string of the molecule is Cc1nn(C)c(C)c1[C@H]1COCCN1C(=O)c1sccc1C#N. The van der Waals surface area contributed by atoms with Gasteiger partial charge in [0.05, 0.1) is 30.5 Å². The summed E-state index contributed by atoms with van der Waals surface area (Å²) in [6.07, 6.45) is 0. The zero-order chi connectivity index (χ0) is 16.6. The third-order valence-corrected chi connectivity index (χ3v) is 5.17. The molecule has 0 aliphatic carbocycles. The molecule has 3 heterocycles. The summed E-state index contributed by atoms with van der Waals surface area (Å²) >= 11 is 1.31. The zero-order valence-electron chi connectivity index (χ0n) is 13.4. The highest BCUT2D eigenvalue weighted by Gasteiger charge is 2.34. The van der Waals surface area contributed by atoms with Crippen molar-refractivity contribution < 1.29 is 9.53 Å². The van der Waals surface area contributed by atoms with Gasteiger partial charge in [-0.25, -0.2) is 0 Å². The van der Waals surface area contributed by atoms with E-state index >= 15 is 0 Å². The lowest BCUT2D eigenvalue weighted by Crippen LogP contribution is -2.43. The van der Waals surface area contributed by atoms with Crippen LogP contribution in [0.4, 0.5) is 0 Å². The fraction of sp³-hybridized carbons (Fsp3) is 0.438. The predicted octanol–water partition coefficient (Wildman–Crippen LogP) is 2.18. The Morgan fingerprint density at radius 3 is 2.96 bits per heavy atom. The molecule has 1 aliphatic heterocycles. The van der Waals surface area contributed by atoms with Crippen molar-refractivity contribution in [2.45, 2.75) is 19.9 Å². The fourth-order valence-electron chi connectivity index (χ4n) is 3.05. The number of thiophene rings is 1. The molecule has 120 valence electrons. The first-order chi connectivity index (χ1) is 11.0. The monoisotopic (exact) mass is 330 g/mol. The van der Waals surface area contributed by atoms with Crippen LogP contribution in [0.25, 0.3) is 0 Å². The molecule has 1 atom stereocenters. The molecule has 3 rings (SSSR count). The van der Waals surface area contributed by atoms with Gasteiger partial charge in [0.1, 0.15) is 10.9 Å². The Bertz CT molecular complexity index is 787. The molecule has 0 aromatic carbocycles. The summed E-state index contributed by atoms with van der Waals surface area (Å²) in [6.45, 7) is 5.42. The Morgan fingerprint density at radius 1 is 1.52 bits per heavy atom. The van der Waals surface area contributed by atoms with E-state index < -0.39 is 0 Å². The van der Waals surface area contributed by atoms with E-state index in [-0.39, 0.29) is 11.9 Å². The molecule has 7 heteroatoms.